The van der Waals surface area contributed by atoms with Gasteiger partial charge < -0.3 is 19.5 Å². The first-order valence-electron chi connectivity index (χ1n) is 4.07. The van der Waals surface area contributed by atoms with E-state index < -0.39 is 0 Å². The largest absolute Gasteiger partial charge is 0.427 e. The summed E-state index contributed by atoms with van der Waals surface area (Å²) in [6.07, 6.45) is 0.331. The van der Waals surface area contributed by atoms with E-state index in [4.69, 9.17) is 9.47 Å². The summed E-state index contributed by atoms with van der Waals surface area (Å²) in [5.74, 6) is 0. The number of hydrogen-bond donors (Lipinski definition) is 1. The molecule has 4 nitrogen and oxygen atoms in total. The smallest absolute Gasteiger partial charge is 0.236 e. The van der Waals surface area contributed by atoms with E-state index in [0.29, 0.717) is 12.1 Å². The number of quaternary nitrogens is 1. The molecule has 3 atom stereocenters. The molecule has 0 aromatic heterocycles. The van der Waals surface area contributed by atoms with Crippen molar-refractivity contribution in [1.29, 1.82) is 0 Å². The molecule has 2 fully saturated rings. The molecule has 0 aromatic carbocycles. The molecule has 0 aliphatic carbocycles. The standard InChI is InChI=1S/C7H13NO3/c1-9-5-4-11-7-6(5)8-2-3-10-7/h5-8H,2-4H2,1H3/p+2/t5-,6-,7+/m0/s1. The minimum absolute atomic E-state index is 0.00236. The second-order valence-electron chi connectivity index (χ2n) is 3.00. The Labute approximate surface area is 65.8 Å². The molecule has 0 aromatic rings. The van der Waals surface area contributed by atoms with Crippen LogP contribution in [0, 0.1) is 0 Å². The molecule has 0 spiro atoms. The second-order valence-corrected chi connectivity index (χ2v) is 3.00. The maximum Gasteiger partial charge on any atom is 0.236 e. The number of morpholine rings is 1. The van der Waals surface area contributed by atoms with E-state index in [-0.39, 0.29) is 6.29 Å². The maximum absolute atomic E-state index is 5.42. The highest BCUT2D eigenvalue weighted by Crippen LogP contribution is 2.15. The Morgan fingerprint density at radius 3 is 3.18 bits per heavy atom. The number of aliphatic hydroxyl groups is 2. The molecule has 2 heterocycles. The molecule has 2 rings (SSSR count). The summed E-state index contributed by atoms with van der Waals surface area (Å²) in [7, 11) is 1.85. The highest BCUT2D eigenvalue weighted by Gasteiger charge is 2.46. The van der Waals surface area contributed by atoms with Crippen LogP contribution in [0.2, 0.25) is 0 Å². The lowest BCUT2D eigenvalue weighted by Gasteiger charge is -2.22. The summed E-state index contributed by atoms with van der Waals surface area (Å²) in [4.78, 5) is 0. The Bertz CT molecular complexity index is 136. The minimum Gasteiger partial charge on any atom is -0.427 e. The molecule has 0 radical (unpaired) electrons. The summed E-state index contributed by atoms with van der Waals surface area (Å²) >= 11 is 0. The number of hydrogen-bond acceptors (Lipinski definition) is 2. The fraction of sp³-hybridized carbons (Fsp3) is 1.00. The van der Waals surface area contributed by atoms with Crippen LogP contribution in [0.4, 0.5) is 0 Å². The van der Waals surface area contributed by atoms with Gasteiger partial charge in [-0.2, -0.15) is 0 Å². The first-order chi connectivity index (χ1) is 5.42. The molecular formula is C7H15NO3+2. The lowest BCUT2D eigenvalue weighted by Crippen LogP contribution is -2.96. The molecule has 2 aliphatic heterocycles. The Morgan fingerprint density at radius 2 is 2.36 bits per heavy atom. The van der Waals surface area contributed by atoms with Crippen molar-refractivity contribution in [3.05, 3.63) is 0 Å². The van der Waals surface area contributed by atoms with Gasteiger partial charge in [-0.05, 0) is 0 Å². The zero-order valence-corrected chi connectivity index (χ0v) is 6.69. The Balaban J connectivity index is 1.98. The first kappa shape index (κ1) is 7.49. The van der Waals surface area contributed by atoms with Crippen LogP contribution in [0.15, 0.2) is 0 Å². The lowest BCUT2D eigenvalue weighted by atomic mass is 10.2. The molecule has 64 valence electrons. The number of nitrogens with two attached hydrogens (primary N) is 1. The van der Waals surface area contributed by atoms with Crippen LogP contribution in [0.1, 0.15) is 0 Å². The molecule has 0 bridgehead atoms. The van der Waals surface area contributed by atoms with Gasteiger partial charge in [-0.25, -0.2) is 0 Å². The molecule has 2 aliphatic rings. The summed E-state index contributed by atoms with van der Waals surface area (Å²) in [6, 6.07) is 0.411. The molecule has 0 amide bonds. The molecule has 3 N–H and O–H groups in total. The molecule has 4 heteroatoms. The highest BCUT2D eigenvalue weighted by atomic mass is 16.7. The van der Waals surface area contributed by atoms with Crippen molar-refractivity contribution < 1.29 is 19.5 Å². The van der Waals surface area contributed by atoms with Gasteiger partial charge >= 0.3 is 0 Å². The van der Waals surface area contributed by atoms with Gasteiger partial charge in [0.15, 0.2) is 0 Å². The zero-order chi connectivity index (χ0) is 7.68. The average molecular weight is 161 g/mol. The fourth-order valence-corrected chi connectivity index (χ4v) is 1.72. The Hall–Kier alpha value is -0.160. The quantitative estimate of drug-likeness (QED) is 0.445. The van der Waals surface area contributed by atoms with Crippen LogP contribution in [0.3, 0.4) is 0 Å². The first-order valence-corrected chi connectivity index (χ1v) is 4.07. The van der Waals surface area contributed by atoms with E-state index in [2.05, 4.69) is 10.1 Å². The zero-order valence-electron chi connectivity index (χ0n) is 6.69. The van der Waals surface area contributed by atoms with Gasteiger partial charge in [0.2, 0.25) is 18.4 Å². The van der Waals surface area contributed by atoms with Crippen molar-refractivity contribution in [3.63, 3.8) is 0 Å². The van der Waals surface area contributed by atoms with Gasteiger partial charge in [-0.15, -0.1) is 0 Å². The van der Waals surface area contributed by atoms with E-state index in [1.54, 1.807) is 0 Å². The summed E-state index contributed by atoms with van der Waals surface area (Å²) in [5, 5.41) is 2.28. The van der Waals surface area contributed by atoms with Crippen LogP contribution >= 0.6 is 0 Å². The fourth-order valence-electron chi connectivity index (χ4n) is 1.72. The van der Waals surface area contributed by atoms with Gasteiger partial charge in [0.1, 0.15) is 13.7 Å². The van der Waals surface area contributed by atoms with Gasteiger partial charge in [0, 0.05) is 0 Å². The van der Waals surface area contributed by atoms with Gasteiger partial charge in [0.05, 0.1) is 13.2 Å². The van der Waals surface area contributed by atoms with Crippen LogP contribution in [0.5, 0.6) is 0 Å². The summed E-state index contributed by atoms with van der Waals surface area (Å²) in [5.41, 5.74) is 0. The third-order valence-electron chi connectivity index (χ3n) is 2.36. The van der Waals surface area contributed by atoms with Crippen molar-refractivity contribution in [3.8, 4) is 0 Å². The van der Waals surface area contributed by atoms with Crippen molar-refractivity contribution in [2.24, 2.45) is 0 Å². The van der Waals surface area contributed by atoms with Crippen molar-refractivity contribution >= 4 is 0 Å². The van der Waals surface area contributed by atoms with E-state index in [1.165, 1.54) is 0 Å². The van der Waals surface area contributed by atoms with E-state index in [1.807, 2.05) is 7.11 Å². The summed E-state index contributed by atoms with van der Waals surface area (Å²) in [6.45, 7) is 2.57. The second kappa shape index (κ2) is 3.06. The summed E-state index contributed by atoms with van der Waals surface area (Å²) < 4.78 is 15.1. The average Bonchev–Trinajstić information content (AvgIpc) is 2.47. The highest BCUT2D eigenvalue weighted by molar-refractivity contribution is 4.78. The molecule has 0 unspecified atom stereocenters. The van der Waals surface area contributed by atoms with Crippen LogP contribution in [-0.2, 0) is 9.47 Å². The molecule has 11 heavy (non-hydrogen) atoms. The normalized spacial score (nSPS) is 43.9. The van der Waals surface area contributed by atoms with Crippen molar-refractivity contribution in [1.82, 2.24) is 0 Å². The monoisotopic (exact) mass is 161 g/mol. The van der Waals surface area contributed by atoms with Crippen LogP contribution < -0.4 is 5.32 Å². The Morgan fingerprint density at radius 1 is 1.45 bits per heavy atom. The molecule has 0 saturated carbocycles. The van der Waals surface area contributed by atoms with Gasteiger partial charge in [0.25, 0.3) is 0 Å². The number of fused-ring (bicyclic) bond motifs is 1. The topological polar surface area (TPSA) is 47.9 Å². The SMILES string of the molecule is C[OH+][C@H]1CO[C@H]2OCC[NH2+][C@H]21. The Kier molecular flexibility index (Phi) is 2.09. The molecular weight excluding hydrogens is 146 g/mol. The van der Waals surface area contributed by atoms with Crippen molar-refractivity contribution in [2.75, 3.05) is 26.9 Å². The lowest BCUT2D eigenvalue weighted by molar-refractivity contribution is -0.722. The third-order valence-corrected chi connectivity index (χ3v) is 2.36. The minimum atomic E-state index is -0.00236. The van der Waals surface area contributed by atoms with Gasteiger partial charge in [-0.3, -0.25) is 0 Å². The molecule has 2 saturated heterocycles. The van der Waals surface area contributed by atoms with E-state index in [9.17, 15) is 0 Å². The number of ether oxygens (including phenoxy) is 3. The predicted octanol–water partition coefficient (Wildman–Crippen LogP) is -2.17. The van der Waals surface area contributed by atoms with E-state index >= 15 is 0 Å². The third kappa shape index (κ3) is 1.27. The maximum atomic E-state index is 5.42. The predicted molar refractivity (Wildman–Crippen MR) is 38.2 cm³/mol. The van der Waals surface area contributed by atoms with Crippen LogP contribution in [-0.4, -0.2) is 50.0 Å². The van der Waals surface area contributed by atoms with Crippen molar-refractivity contribution in [2.45, 2.75) is 18.4 Å². The number of rotatable bonds is 1. The van der Waals surface area contributed by atoms with E-state index in [0.717, 1.165) is 19.8 Å². The van der Waals surface area contributed by atoms with Gasteiger partial charge in [-0.1, -0.05) is 0 Å². The van der Waals surface area contributed by atoms with Crippen LogP contribution in [0.25, 0.3) is 0 Å².